The molecule has 1 saturated heterocycles. The van der Waals surface area contributed by atoms with Crippen LogP contribution in [-0.4, -0.2) is 74.0 Å². The first-order chi connectivity index (χ1) is 16.1. The fourth-order valence-corrected chi connectivity index (χ4v) is 3.93. The molecule has 4 rings (SSSR count). The topological polar surface area (TPSA) is 80.3 Å². The van der Waals surface area contributed by atoms with Gasteiger partial charge in [-0.05, 0) is 37.4 Å². The van der Waals surface area contributed by atoms with Crippen molar-refractivity contribution in [1.82, 2.24) is 15.1 Å². The number of benzodiazepines with no additional fused rings is 1. The standard InChI is InChI=1S/C23H25F3N6O2/c1-30-10-12-32(13-11-30)20-17-8-3-4-9-18(17)31(2)21(33)19(28-20)29-22(34)27-16-7-5-6-15(14-16)23(24,25)26/h3-9,14,19H,10-13H2,1-2H3,(H2,27,29,34)/t19-/m0/s1. The summed E-state index contributed by atoms with van der Waals surface area (Å²) in [5, 5.41) is 4.88. The second-order valence-electron chi connectivity index (χ2n) is 8.24. The Kier molecular flexibility index (Phi) is 6.47. The largest absolute Gasteiger partial charge is 0.416 e. The van der Waals surface area contributed by atoms with Crippen LogP contribution in [0.3, 0.4) is 0 Å². The van der Waals surface area contributed by atoms with E-state index >= 15 is 0 Å². The summed E-state index contributed by atoms with van der Waals surface area (Å²) in [5.74, 6) is 0.126. The highest BCUT2D eigenvalue weighted by atomic mass is 19.4. The number of piperazine rings is 1. The van der Waals surface area contributed by atoms with Crippen LogP contribution in [0.5, 0.6) is 0 Å². The van der Waals surface area contributed by atoms with E-state index in [2.05, 4.69) is 25.4 Å². The SMILES string of the molecule is CN1CCN(C2=N[C@@H](NC(=O)Nc3cccc(C(F)(F)F)c3)C(=O)N(C)c3ccccc32)CC1. The van der Waals surface area contributed by atoms with E-state index < -0.39 is 29.8 Å². The number of fused-ring (bicyclic) bond motifs is 1. The van der Waals surface area contributed by atoms with E-state index in [0.29, 0.717) is 24.6 Å². The van der Waals surface area contributed by atoms with Crippen LogP contribution >= 0.6 is 0 Å². The lowest BCUT2D eigenvalue weighted by Gasteiger charge is -2.35. The van der Waals surface area contributed by atoms with Gasteiger partial charge in [-0.25, -0.2) is 9.79 Å². The first-order valence-corrected chi connectivity index (χ1v) is 10.8. The van der Waals surface area contributed by atoms with Gasteiger partial charge in [0.25, 0.3) is 5.91 Å². The molecular weight excluding hydrogens is 449 g/mol. The maximum atomic E-state index is 13.2. The molecule has 2 heterocycles. The van der Waals surface area contributed by atoms with E-state index in [1.165, 1.54) is 17.0 Å². The number of benzene rings is 2. The fraction of sp³-hybridized carbons (Fsp3) is 0.348. The molecule has 0 radical (unpaired) electrons. The lowest BCUT2D eigenvalue weighted by Crippen LogP contribution is -2.49. The predicted octanol–water partition coefficient (Wildman–Crippen LogP) is 2.82. The molecule has 2 aromatic rings. The molecule has 0 saturated carbocycles. The van der Waals surface area contributed by atoms with Gasteiger partial charge in [-0.3, -0.25) is 4.79 Å². The lowest BCUT2D eigenvalue weighted by molar-refractivity contribution is -0.137. The third kappa shape index (κ3) is 4.98. The van der Waals surface area contributed by atoms with Crippen molar-refractivity contribution in [2.45, 2.75) is 12.3 Å². The molecule has 11 heteroatoms. The number of amides is 3. The molecule has 0 bridgehead atoms. The minimum absolute atomic E-state index is 0.0479. The highest BCUT2D eigenvalue weighted by Crippen LogP contribution is 2.31. The van der Waals surface area contributed by atoms with Crippen LogP contribution in [0.15, 0.2) is 53.5 Å². The maximum Gasteiger partial charge on any atom is 0.416 e. The van der Waals surface area contributed by atoms with Crippen molar-refractivity contribution in [2.24, 2.45) is 4.99 Å². The number of carbonyl (C=O) groups is 2. The van der Waals surface area contributed by atoms with Gasteiger partial charge in [-0.15, -0.1) is 0 Å². The van der Waals surface area contributed by atoms with Gasteiger partial charge in [0.1, 0.15) is 5.84 Å². The third-order valence-electron chi connectivity index (χ3n) is 5.84. The fourth-order valence-electron chi connectivity index (χ4n) is 3.93. The van der Waals surface area contributed by atoms with Gasteiger partial charge >= 0.3 is 12.2 Å². The Labute approximate surface area is 195 Å². The summed E-state index contributed by atoms with van der Waals surface area (Å²) in [4.78, 5) is 36.1. The van der Waals surface area contributed by atoms with Gasteiger partial charge in [0, 0.05) is 44.5 Å². The number of aliphatic imine (C=N–C) groups is 1. The van der Waals surface area contributed by atoms with E-state index in [0.717, 1.165) is 30.8 Å². The zero-order valence-electron chi connectivity index (χ0n) is 18.8. The molecule has 1 fully saturated rings. The number of amidine groups is 1. The van der Waals surface area contributed by atoms with Crippen LogP contribution in [-0.2, 0) is 11.0 Å². The number of hydrogen-bond donors (Lipinski definition) is 2. The number of nitrogens with zero attached hydrogens (tertiary/aromatic N) is 4. The van der Waals surface area contributed by atoms with E-state index in [9.17, 15) is 22.8 Å². The van der Waals surface area contributed by atoms with Crippen molar-refractivity contribution in [3.8, 4) is 0 Å². The normalized spacial score (nSPS) is 19.3. The summed E-state index contributed by atoms with van der Waals surface area (Å²) >= 11 is 0. The van der Waals surface area contributed by atoms with Gasteiger partial charge in [0.15, 0.2) is 0 Å². The molecule has 2 aromatic carbocycles. The number of anilines is 2. The van der Waals surface area contributed by atoms with Crippen LogP contribution in [0.2, 0.25) is 0 Å². The van der Waals surface area contributed by atoms with E-state index in [1.807, 2.05) is 31.3 Å². The summed E-state index contributed by atoms with van der Waals surface area (Å²) in [6.45, 7) is 3.04. The number of likely N-dealkylation sites (N-methyl/N-ethyl adjacent to an activating group) is 2. The Hall–Kier alpha value is -3.60. The molecule has 0 spiro atoms. The van der Waals surface area contributed by atoms with E-state index in [1.54, 1.807) is 7.05 Å². The number of hydrogen-bond acceptors (Lipinski definition) is 5. The van der Waals surface area contributed by atoms with Gasteiger partial charge in [-0.2, -0.15) is 13.2 Å². The summed E-state index contributed by atoms with van der Waals surface area (Å²) in [5.41, 5.74) is 0.493. The van der Waals surface area contributed by atoms with Crippen LogP contribution in [0.25, 0.3) is 0 Å². The van der Waals surface area contributed by atoms with Crippen molar-refractivity contribution in [2.75, 3.05) is 50.5 Å². The third-order valence-corrected chi connectivity index (χ3v) is 5.84. The van der Waals surface area contributed by atoms with Crippen molar-refractivity contribution in [3.05, 3.63) is 59.7 Å². The Bertz CT molecular complexity index is 1110. The highest BCUT2D eigenvalue weighted by Gasteiger charge is 2.33. The molecule has 1 atom stereocenters. The van der Waals surface area contributed by atoms with Gasteiger partial charge in [0.2, 0.25) is 6.17 Å². The number of urea groups is 1. The quantitative estimate of drug-likeness (QED) is 0.702. The smallest absolute Gasteiger partial charge is 0.354 e. The first kappa shape index (κ1) is 23.6. The Morgan fingerprint density at radius 2 is 1.74 bits per heavy atom. The second-order valence-corrected chi connectivity index (χ2v) is 8.24. The number of alkyl halides is 3. The molecule has 2 N–H and O–H groups in total. The van der Waals surface area contributed by atoms with Gasteiger partial charge in [-0.1, -0.05) is 18.2 Å². The summed E-state index contributed by atoms with van der Waals surface area (Å²) < 4.78 is 39.0. The number of nitrogens with one attached hydrogen (secondary N) is 2. The molecule has 34 heavy (non-hydrogen) atoms. The molecule has 8 nitrogen and oxygen atoms in total. The highest BCUT2D eigenvalue weighted by molar-refractivity contribution is 6.12. The van der Waals surface area contributed by atoms with E-state index in [4.69, 9.17) is 0 Å². The monoisotopic (exact) mass is 474 g/mol. The van der Waals surface area contributed by atoms with Crippen LogP contribution in [0, 0.1) is 0 Å². The number of rotatable bonds is 2. The number of para-hydroxylation sites is 1. The summed E-state index contributed by atoms with van der Waals surface area (Å²) in [7, 11) is 3.63. The summed E-state index contributed by atoms with van der Waals surface area (Å²) in [6.07, 6.45) is -5.79. The molecule has 0 aliphatic carbocycles. The van der Waals surface area contributed by atoms with Crippen molar-refractivity contribution in [1.29, 1.82) is 0 Å². The average Bonchev–Trinajstić information content (AvgIpc) is 2.90. The first-order valence-electron chi connectivity index (χ1n) is 10.8. The molecular formula is C23H25F3N6O2. The molecule has 3 amide bonds. The Morgan fingerprint density at radius 3 is 2.44 bits per heavy atom. The molecule has 0 aromatic heterocycles. The predicted molar refractivity (Wildman–Crippen MR) is 123 cm³/mol. The van der Waals surface area contributed by atoms with Crippen LogP contribution in [0.4, 0.5) is 29.3 Å². The number of halogens is 3. The zero-order valence-corrected chi connectivity index (χ0v) is 18.8. The second kappa shape index (κ2) is 9.34. The van der Waals surface area contributed by atoms with Gasteiger partial charge < -0.3 is 25.3 Å². The van der Waals surface area contributed by atoms with Crippen LogP contribution in [0.1, 0.15) is 11.1 Å². The van der Waals surface area contributed by atoms with Gasteiger partial charge in [0.05, 0.1) is 11.3 Å². The molecule has 2 aliphatic heterocycles. The Balaban J connectivity index is 1.60. The maximum absolute atomic E-state index is 13.2. The van der Waals surface area contributed by atoms with Crippen LogP contribution < -0.4 is 15.5 Å². The molecule has 2 aliphatic rings. The van der Waals surface area contributed by atoms with E-state index in [-0.39, 0.29) is 5.69 Å². The van der Waals surface area contributed by atoms with Crippen molar-refractivity contribution >= 4 is 29.1 Å². The molecule has 0 unspecified atom stereocenters. The summed E-state index contributed by atoms with van der Waals surface area (Å²) in [6, 6.07) is 10.8. The number of carbonyl (C=O) groups excluding carboxylic acids is 2. The van der Waals surface area contributed by atoms with Crippen molar-refractivity contribution < 1.29 is 22.8 Å². The Morgan fingerprint density at radius 1 is 1.03 bits per heavy atom. The van der Waals surface area contributed by atoms with Crippen molar-refractivity contribution in [3.63, 3.8) is 0 Å². The minimum Gasteiger partial charge on any atom is -0.354 e. The molecule has 180 valence electrons. The minimum atomic E-state index is -4.54. The lowest BCUT2D eigenvalue weighted by atomic mass is 10.1. The average molecular weight is 474 g/mol. The zero-order chi connectivity index (χ0) is 24.5.